The van der Waals surface area contributed by atoms with Crippen LogP contribution in [-0.2, 0) is 13.1 Å². The topological polar surface area (TPSA) is 59.8 Å². The molecule has 0 amide bonds. The van der Waals surface area contributed by atoms with Gasteiger partial charge in [-0.05, 0) is 13.0 Å². The minimum absolute atomic E-state index is 0.0149. The zero-order valence-electron chi connectivity index (χ0n) is 9.63. The van der Waals surface area contributed by atoms with Gasteiger partial charge in [-0.25, -0.2) is 9.97 Å². The molecule has 5 heteroatoms. The average molecular weight is 230 g/mol. The fourth-order valence-electron chi connectivity index (χ4n) is 1.51. The summed E-state index contributed by atoms with van der Waals surface area (Å²) in [7, 11) is 0. The van der Waals surface area contributed by atoms with E-state index in [-0.39, 0.29) is 5.56 Å². The Morgan fingerprint density at radius 1 is 1.29 bits per heavy atom. The van der Waals surface area contributed by atoms with Gasteiger partial charge in [-0.3, -0.25) is 4.79 Å². The molecule has 17 heavy (non-hydrogen) atoms. The van der Waals surface area contributed by atoms with E-state index in [0.717, 1.165) is 11.3 Å². The molecule has 0 aliphatic carbocycles. The molecule has 1 N–H and O–H groups in total. The van der Waals surface area contributed by atoms with Crippen LogP contribution in [0.15, 0.2) is 41.8 Å². The van der Waals surface area contributed by atoms with Crippen LogP contribution >= 0.6 is 0 Å². The quantitative estimate of drug-likeness (QED) is 0.859. The predicted molar refractivity (Wildman–Crippen MR) is 65.7 cm³/mol. The first-order valence-corrected chi connectivity index (χ1v) is 5.48. The summed E-state index contributed by atoms with van der Waals surface area (Å²) < 4.78 is 1.66. The van der Waals surface area contributed by atoms with Crippen LogP contribution in [-0.4, -0.2) is 14.5 Å². The second-order valence-corrected chi connectivity index (χ2v) is 3.64. The van der Waals surface area contributed by atoms with Crippen molar-refractivity contribution in [2.24, 2.45) is 0 Å². The molecule has 0 radical (unpaired) electrons. The van der Waals surface area contributed by atoms with Crippen molar-refractivity contribution in [2.75, 3.05) is 5.32 Å². The number of anilines is 1. The Morgan fingerprint density at radius 2 is 2.06 bits per heavy atom. The second kappa shape index (κ2) is 5.25. The van der Waals surface area contributed by atoms with Crippen LogP contribution in [0.25, 0.3) is 0 Å². The number of hydrogen-bond donors (Lipinski definition) is 1. The molecular formula is C12H14N4O. The fraction of sp³-hybridized carbons (Fsp3) is 0.250. The van der Waals surface area contributed by atoms with Crippen LogP contribution in [0.5, 0.6) is 0 Å². The lowest BCUT2D eigenvalue weighted by Crippen LogP contribution is -2.17. The van der Waals surface area contributed by atoms with Crippen molar-refractivity contribution >= 4 is 5.69 Å². The molecule has 0 saturated carbocycles. The number of aryl methyl sites for hydroxylation is 1. The Balaban J connectivity index is 2.07. The molecule has 0 aromatic carbocycles. The van der Waals surface area contributed by atoms with Gasteiger partial charge in [0, 0.05) is 43.3 Å². The molecule has 5 nitrogen and oxygen atoms in total. The van der Waals surface area contributed by atoms with Gasteiger partial charge >= 0.3 is 0 Å². The third kappa shape index (κ3) is 2.90. The van der Waals surface area contributed by atoms with Crippen molar-refractivity contribution in [3.05, 3.63) is 53.0 Å². The van der Waals surface area contributed by atoms with E-state index in [0.29, 0.717) is 13.1 Å². The third-order valence-corrected chi connectivity index (χ3v) is 2.43. The van der Waals surface area contributed by atoms with Gasteiger partial charge in [0.25, 0.3) is 5.56 Å². The van der Waals surface area contributed by atoms with Gasteiger partial charge in [0.05, 0.1) is 5.69 Å². The van der Waals surface area contributed by atoms with Gasteiger partial charge < -0.3 is 9.88 Å². The Kier molecular flexibility index (Phi) is 3.49. The number of rotatable bonds is 4. The van der Waals surface area contributed by atoms with Crippen LogP contribution in [0, 0.1) is 0 Å². The van der Waals surface area contributed by atoms with Crippen molar-refractivity contribution in [2.45, 2.75) is 20.0 Å². The highest BCUT2D eigenvalue weighted by Gasteiger charge is 1.97. The molecule has 0 spiro atoms. The number of nitrogens with one attached hydrogen (secondary N) is 1. The van der Waals surface area contributed by atoms with E-state index in [1.54, 1.807) is 29.1 Å². The molecule has 2 heterocycles. The van der Waals surface area contributed by atoms with Gasteiger partial charge in [0.15, 0.2) is 0 Å². The zero-order chi connectivity index (χ0) is 12.1. The van der Waals surface area contributed by atoms with Crippen LogP contribution in [0.4, 0.5) is 5.69 Å². The second-order valence-electron chi connectivity index (χ2n) is 3.64. The van der Waals surface area contributed by atoms with Crippen LogP contribution in [0.1, 0.15) is 12.5 Å². The van der Waals surface area contributed by atoms with Gasteiger partial charge in [-0.2, -0.15) is 0 Å². The van der Waals surface area contributed by atoms with Gasteiger partial charge in [-0.15, -0.1) is 0 Å². The number of hydrogen-bond acceptors (Lipinski definition) is 4. The van der Waals surface area contributed by atoms with E-state index in [2.05, 4.69) is 15.3 Å². The first kappa shape index (κ1) is 11.3. The normalized spacial score (nSPS) is 10.2. The molecular weight excluding hydrogens is 216 g/mol. The monoisotopic (exact) mass is 230 g/mol. The highest BCUT2D eigenvalue weighted by atomic mass is 16.1. The maximum Gasteiger partial charge on any atom is 0.250 e. The van der Waals surface area contributed by atoms with E-state index in [1.807, 2.05) is 13.1 Å². The summed E-state index contributed by atoms with van der Waals surface area (Å²) in [5.74, 6) is 0. The molecule has 2 aromatic heterocycles. The minimum Gasteiger partial charge on any atom is -0.380 e. The Morgan fingerprint density at radius 3 is 2.76 bits per heavy atom. The smallest absolute Gasteiger partial charge is 0.250 e. The van der Waals surface area contributed by atoms with E-state index < -0.39 is 0 Å². The van der Waals surface area contributed by atoms with Crippen LogP contribution in [0.2, 0.25) is 0 Å². The summed E-state index contributed by atoms with van der Waals surface area (Å²) in [6.07, 6.45) is 6.83. The average Bonchev–Trinajstić information content (AvgIpc) is 2.39. The van der Waals surface area contributed by atoms with Crippen molar-refractivity contribution in [3.8, 4) is 0 Å². The first-order chi connectivity index (χ1) is 8.29. The molecule has 0 atom stereocenters. The van der Waals surface area contributed by atoms with Gasteiger partial charge in [0.2, 0.25) is 0 Å². The lowest BCUT2D eigenvalue weighted by Gasteiger charge is -2.08. The van der Waals surface area contributed by atoms with E-state index >= 15 is 0 Å². The van der Waals surface area contributed by atoms with Crippen LogP contribution < -0.4 is 10.9 Å². The lowest BCUT2D eigenvalue weighted by atomic mass is 10.3. The standard InChI is InChI=1S/C12H14N4O/c1-2-16-8-11(3-4-12(16)17)15-7-10-5-13-9-14-6-10/h3-6,8-9,15H,2,7H2,1H3. The molecule has 0 bridgehead atoms. The van der Waals surface area contributed by atoms with E-state index in [9.17, 15) is 4.79 Å². The number of pyridine rings is 1. The summed E-state index contributed by atoms with van der Waals surface area (Å²) in [6.45, 7) is 3.25. The summed E-state index contributed by atoms with van der Waals surface area (Å²) in [5, 5.41) is 3.22. The maximum atomic E-state index is 11.4. The van der Waals surface area contributed by atoms with E-state index in [4.69, 9.17) is 0 Å². The molecule has 2 rings (SSSR count). The Bertz CT molecular complexity index is 536. The molecule has 0 unspecified atom stereocenters. The molecule has 0 saturated heterocycles. The van der Waals surface area contributed by atoms with Crippen molar-refractivity contribution in [3.63, 3.8) is 0 Å². The molecule has 2 aromatic rings. The van der Waals surface area contributed by atoms with E-state index in [1.165, 1.54) is 6.33 Å². The maximum absolute atomic E-state index is 11.4. The summed E-state index contributed by atoms with van der Waals surface area (Å²) >= 11 is 0. The Labute approximate surface area is 99.2 Å². The predicted octanol–water partition coefficient (Wildman–Crippen LogP) is 1.27. The molecule has 0 aliphatic rings. The number of aromatic nitrogens is 3. The van der Waals surface area contributed by atoms with Crippen molar-refractivity contribution < 1.29 is 0 Å². The van der Waals surface area contributed by atoms with Crippen LogP contribution in [0.3, 0.4) is 0 Å². The molecule has 0 aliphatic heterocycles. The lowest BCUT2D eigenvalue weighted by molar-refractivity contribution is 0.727. The first-order valence-electron chi connectivity index (χ1n) is 5.48. The summed E-state index contributed by atoms with van der Waals surface area (Å²) in [6, 6.07) is 3.34. The van der Waals surface area contributed by atoms with Crippen molar-refractivity contribution in [1.82, 2.24) is 14.5 Å². The minimum atomic E-state index is 0.0149. The van der Waals surface area contributed by atoms with Crippen molar-refractivity contribution in [1.29, 1.82) is 0 Å². The largest absolute Gasteiger partial charge is 0.380 e. The van der Waals surface area contributed by atoms with Gasteiger partial charge in [0.1, 0.15) is 6.33 Å². The highest BCUT2D eigenvalue weighted by Crippen LogP contribution is 2.05. The SMILES string of the molecule is CCn1cc(NCc2cncnc2)ccc1=O. The Hall–Kier alpha value is -2.17. The molecule has 0 fully saturated rings. The number of nitrogens with zero attached hydrogens (tertiary/aromatic N) is 3. The summed E-state index contributed by atoms with van der Waals surface area (Å²) in [5.41, 5.74) is 1.93. The summed E-state index contributed by atoms with van der Waals surface area (Å²) in [4.78, 5) is 19.3. The molecule has 88 valence electrons. The van der Waals surface area contributed by atoms with Gasteiger partial charge in [-0.1, -0.05) is 0 Å². The zero-order valence-corrected chi connectivity index (χ0v) is 9.63. The highest BCUT2D eigenvalue weighted by molar-refractivity contribution is 5.40. The third-order valence-electron chi connectivity index (χ3n) is 2.43. The fourth-order valence-corrected chi connectivity index (χ4v) is 1.51.